The van der Waals surface area contributed by atoms with Crippen molar-refractivity contribution in [2.24, 2.45) is 5.14 Å². The summed E-state index contributed by atoms with van der Waals surface area (Å²) in [5, 5.41) is 8.52. The quantitative estimate of drug-likeness (QED) is 0.844. The topological polar surface area (TPSA) is 81.4 Å². The second kappa shape index (κ2) is 6.11. The number of sulfonamides is 1. The van der Waals surface area contributed by atoms with Gasteiger partial charge in [-0.05, 0) is 51.8 Å². The third kappa shape index (κ3) is 4.47. The number of nitrogens with one attached hydrogen (secondary N) is 1. The van der Waals surface area contributed by atoms with Gasteiger partial charge in [-0.3, -0.25) is 0 Å². The Balaban J connectivity index is 2.95. The number of hydrogen-bond acceptors (Lipinski definition) is 4. The first kappa shape index (κ1) is 16.9. The summed E-state index contributed by atoms with van der Waals surface area (Å²) >= 11 is 0. The molecule has 1 unspecified atom stereocenters. The Morgan fingerprint density at radius 3 is 2.50 bits per heavy atom. The van der Waals surface area contributed by atoms with Gasteiger partial charge >= 0.3 is 0 Å². The summed E-state index contributed by atoms with van der Waals surface area (Å²) in [6, 6.07) is 5.18. The highest BCUT2D eigenvalue weighted by Gasteiger charge is 2.21. The van der Waals surface area contributed by atoms with Crippen molar-refractivity contribution in [3.8, 4) is 0 Å². The molecule has 5 nitrogen and oxygen atoms in total. The Labute approximate surface area is 121 Å². The molecule has 0 aliphatic carbocycles. The molecule has 0 aliphatic heterocycles. The van der Waals surface area contributed by atoms with Gasteiger partial charge in [0.25, 0.3) is 0 Å². The Morgan fingerprint density at radius 1 is 1.40 bits per heavy atom. The average molecular weight is 300 g/mol. The van der Waals surface area contributed by atoms with Crippen LogP contribution in [0.2, 0.25) is 0 Å². The lowest BCUT2D eigenvalue weighted by Gasteiger charge is -2.28. The highest BCUT2D eigenvalue weighted by atomic mass is 32.2. The Kier molecular flexibility index (Phi) is 5.18. The molecular weight excluding hydrogens is 276 g/mol. The molecule has 0 heterocycles. The van der Waals surface area contributed by atoms with Crippen LogP contribution in [0.3, 0.4) is 0 Å². The molecule has 0 fully saturated rings. The van der Waals surface area contributed by atoms with E-state index in [9.17, 15) is 8.42 Å². The van der Waals surface area contributed by atoms with Gasteiger partial charge in [0.15, 0.2) is 0 Å². The van der Waals surface area contributed by atoms with Gasteiger partial charge in [-0.1, -0.05) is 6.07 Å². The fourth-order valence-corrected chi connectivity index (χ4v) is 3.02. The summed E-state index contributed by atoms with van der Waals surface area (Å²) in [5.41, 5.74) is 1.17. The molecule has 1 aromatic rings. The molecule has 1 rings (SSSR count). The van der Waals surface area contributed by atoms with Gasteiger partial charge < -0.3 is 10.1 Å². The minimum Gasteiger partial charge on any atom is -0.382 e. The first-order valence-corrected chi connectivity index (χ1v) is 8.05. The normalized spacial score (nSPS) is 14.1. The minimum absolute atomic E-state index is 0.138. The van der Waals surface area contributed by atoms with E-state index >= 15 is 0 Å². The van der Waals surface area contributed by atoms with Crippen LogP contribution in [0.5, 0.6) is 0 Å². The van der Waals surface area contributed by atoms with Crippen LogP contribution in [-0.4, -0.2) is 27.2 Å². The number of benzene rings is 1. The maximum Gasteiger partial charge on any atom is 0.238 e. The highest BCUT2D eigenvalue weighted by Crippen LogP contribution is 2.24. The lowest BCUT2D eigenvalue weighted by molar-refractivity contribution is 0.0128. The molecule has 0 saturated heterocycles. The van der Waals surface area contributed by atoms with Crippen LogP contribution in [0, 0.1) is 6.92 Å². The standard InChI is InChI=1S/C14H24N2O3S/c1-10(9-14(3,4)19-5)16-12-7-6-8-13(11(12)2)20(15,17)18/h6-8,10,16H,9H2,1-5H3,(H2,15,17,18). The Bertz CT molecular complexity index is 568. The number of rotatable bonds is 6. The molecule has 1 atom stereocenters. The second-order valence-corrected chi connectivity index (χ2v) is 7.22. The molecule has 6 heteroatoms. The third-order valence-electron chi connectivity index (χ3n) is 3.34. The zero-order valence-electron chi connectivity index (χ0n) is 12.7. The molecule has 0 radical (unpaired) electrons. The first-order valence-electron chi connectivity index (χ1n) is 6.51. The van der Waals surface area contributed by atoms with Crippen molar-refractivity contribution >= 4 is 15.7 Å². The number of ether oxygens (including phenoxy) is 1. The van der Waals surface area contributed by atoms with E-state index in [0.29, 0.717) is 5.56 Å². The predicted octanol–water partition coefficient (Wildman–Crippen LogP) is 2.26. The van der Waals surface area contributed by atoms with Crippen molar-refractivity contribution in [3.63, 3.8) is 0 Å². The highest BCUT2D eigenvalue weighted by molar-refractivity contribution is 7.89. The molecule has 0 aliphatic rings. The maximum atomic E-state index is 11.5. The molecule has 0 aromatic heterocycles. The van der Waals surface area contributed by atoms with Crippen LogP contribution in [0.4, 0.5) is 5.69 Å². The fraction of sp³-hybridized carbons (Fsp3) is 0.571. The number of hydrogen-bond donors (Lipinski definition) is 2. The van der Waals surface area contributed by atoms with Gasteiger partial charge in [-0.15, -0.1) is 0 Å². The van der Waals surface area contributed by atoms with Gasteiger partial charge in [0.1, 0.15) is 0 Å². The molecule has 20 heavy (non-hydrogen) atoms. The summed E-state index contributed by atoms with van der Waals surface area (Å²) in [7, 11) is -2.02. The molecular formula is C14H24N2O3S. The van der Waals surface area contributed by atoms with Crippen LogP contribution in [-0.2, 0) is 14.8 Å². The van der Waals surface area contributed by atoms with Gasteiger partial charge in [0.2, 0.25) is 10.0 Å². The van der Waals surface area contributed by atoms with Crippen LogP contribution in [0.25, 0.3) is 0 Å². The Morgan fingerprint density at radius 2 is 2.00 bits per heavy atom. The molecule has 0 amide bonds. The number of nitrogens with two attached hydrogens (primary N) is 1. The summed E-state index contributed by atoms with van der Waals surface area (Å²) in [6.07, 6.45) is 0.794. The summed E-state index contributed by atoms with van der Waals surface area (Å²) in [4.78, 5) is 0.153. The SMILES string of the molecule is COC(C)(C)CC(C)Nc1cccc(S(N)(=O)=O)c1C. The van der Waals surface area contributed by atoms with Crippen molar-refractivity contribution in [3.05, 3.63) is 23.8 Å². The van der Waals surface area contributed by atoms with Gasteiger partial charge in [-0.25, -0.2) is 13.6 Å². The number of methoxy groups -OCH3 is 1. The monoisotopic (exact) mass is 300 g/mol. The Hall–Kier alpha value is -1.11. The van der Waals surface area contributed by atoms with E-state index in [4.69, 9.17) is 9.88 Å². The lowest BCUT2D eigenvalue weighted by Crippen LogP contribution is -2.31. The molecule has 0 spiro atoms. The lowest BCUT2D eigenvalue weighted by atomic mass is 9.99. The average Bonchev–Trinajstić information content (AvgIpc) is 2.29. The van der Waals surface area contributed by atoms with Crippen molar-refractivity contribution in [2.75, 3.05) is 12.4 Å². The number of anilines is 1. The fourth-order valence-electron chi connectivity index (χ4n) is 2.22. The van der Waals surface area contributed by atoms with Gasteiger partial charge in [0.05, 0.1) is 10.5 Å². The van der Waals surface area contributed by atoms with E-state index in [-0.39, 0.29) is 16.5 Å². The second-order valence-electron chi connectivity index (χ2n) is 5.69. The molecule has 0 saturated carbocycles. The van der Waals surface area contributed by atoms with E-state index < -0.39 is 10.0 Å². The van der Waals surface area contributed by atoms with Crippen molar-refractivity contribution in [1.29, 1.82) is 0 Å². The summed E-state index contributed by atoms with van der Waals surface area (Å²) in [5.74, 6) is 0. The van der Waals surface area contributed by atoms with E-state index in [1.807, 2.05) is 26.8 Å². The molecule has 3 N–H and O–H groups in total. The largest absolute Gasteiger partial charge is 0.382 e. The molecule has 0 bridgehead atoms. The third-order valence-corrected chi connectivity index (χ3v) is 4.40. The minimum atomic E-state index is -3.70. The summed E-state index contributed by atoms with van der Waals surface area (Å²) < 4.78 is 28.4. The van der Waals surface area contributed by atoms with Crippen molar-refractivity contribution < 1.29 is 13.2 Å². The van der Waals surface area contributed by atoms with Crippen LogP contribution >= 0.6 is 0 Å². The van der Waals surface area contributed by atoms with Crippen LogP contribution < -0.4 is 10.5 Å². The smallest absolute Gasteiger partial charge is 0.238 e. The van der Waals surface area contributed by atoms with E-state index in [2.05, 4.69) is 5.32 Å². The van der Waals surface area contributed by atoms with E-state index in [1.165, 1.54) is 6.07 Å². The molecule has 114 valence electrons. The van der Waals surface area contributed by atoms with Crippen molar-refractivity contribution in [2.45, 2.75) is 50.7 Å². The molecule has 1 aromatic carbocycles. The van der Waals surface area contributed by atoms with Gasteiger partial charge in [-0.2, -0.15) is 0 Å². The van der Waals surface area contributed by atoms with Crippen LogP contribution in [0.1, 0.15) is 32.8 Å². The predicted molar refractivity (Wildman–Crippen MR) is 81.3 cm³/mol. The number of primary sulfonamides is 1. The maximum absolute atomic E-state index is 11.5. The zero-order valence-corrected chi connectivity index (χ0v) is 13.5. The van der Waals surface area contributed by atoms with Crippen LogP contribution in [0.15, 0.2) is 23.1 Å². The van der Waals surface area contributed by atoms with E-state index in [1.54, 1.807) is 20.1 Å². The first-order chi connectivity index (χ1) is 9.07. The summed E-state index contributed by atoms with van der Waals surface area (Å²) in [6.45, 7) is 7.80. The van der Waals surface area contributed by atoms with E-state index in [0.717, 1.165) is 12.1 Å². The van der Waals surface area contributed by atoms with Gasteiger partial charge in [0, 0.05) is 18.8 Å². The zero-order chi connectivity index (χ0) is 15.6. The van der Waals surface area contributed by atoms with Crippen molar-refractivity contribution in [1.82, 2.24) is 0 Å².